The molecule has 3 nitrogen and oxygen atoms in total. The van der Waals surface area contributed by atoms with Crippen molar-refractivity contribution in [2.45, 2.75) is 52.1 Å². The van der Waals surface area contributed by atoms with E-state index in [0.717, 1.165) is 18.2 Å². The molecule has 90 valence electrons. The molecule has 1 N–H and O–H groups in total. The van der Waals surface area contributed by atoms with Crippen LogP contribution in [0.2, 0.25) is 0 Å². The lowest BCUT2D eigenvalue weighted by atomic mass is 10.00. The van der Waals surface area contributed by atoms with E-state index in [1.165, 1.54) is 31.4 Å². The van der Waals surface area contributed by atoms with E-state index in [2.05, 4.69) is 23.4 Å². The van der Waals surface area contributed by atoms with Gasteiger partial charge in [0, 0.05) is 19.6 Å². The summed E-state index contributed by atoms with van der Waals surface area (Å²) in [6.45, 7) is 5.30. The Bertz CT molecular complexity index is 337. The highest BCUT2D eigenvalue weighted by Crippen LogP contribution is 2.27. The molecular formula is C13H23N3. The molecule has 0 aromatic carbocycles. The van der Waals surface area contributed by atoms with Gasteiger partial charge in [0.25, 0.3) is 0 Å². The Hall–Kier alpha value is -0.830. The summed E-state index contributed by atoms with van der Waals surface area (Å²) >= 11 is 0. The first kappa shape index (κ1) is 11.6. The van der Waals surface area contributed by atoms with Crippen LogP contribution in [0.3, 0.4) is 0 Å². The van der Waals surface area contributed by atoms with Gasteiger partial charge in [0.2, 0.25) is 0 Å². The maximum Gasteiger partial charge on any atom is 0.0597 e. The molecular weight excluding hydrogens is 198 g/mol. The summed E-state index contributed by atoms with van der Waals surface area (Å²) in [5.74, 6) is 0.884. The van der Waals surface area contributed by atoms with Crippen LogP contribution in [-0.2, 0) is 13.6 Å². The highest BCUT2D eigenvalue weighted by atomic mass is 15.3. The van der Waals surface area contributed by atoms with Crippen LogP contribution in [0.1, 0.15) is 44.0 Å². The average molecular weight is 221 g/mol. The number of nitrogens with zero attached hydrogens (tertiary/aromatic N) is 2. The molecule has 0 aliphatic heterocycles. The minimum absolute atomic E-state index is 0.637. The summed E-state index contributed by atoms with van der Waals surface area (Å²) in [7, 11) is 2.02. The summed E-state index contributed by atoms with van der Waals surface area (Å²) < 4.78 is 1.98. The molecule has 0 radical (unpaired) electrons. The SMILES string of the molecule is Cc1cc(CNC(C)C2CCCC2)n(C)n1. The molecule has 0 spiro atoms. The van der Waals surface area contributed by atoms with Gasteiger partial charge in [-0.15, -0.1) is 0 Å². The number of nitrogens with one attached hydrogen (secondary N) is 1. The van der Waals surface area contributed by atoms with Crippen LogP contribution in [0.5, 0.6) is 0 Å². The van der Waals surface area contributed by atoms with E-state index >= 15 is 0 Å². The third kappa shape index (κ3) is 2.64. The molecule has 1 aliphatic carbocycles. The van der Waals surface area contributed by atoms with Crippen molar-refractivity contribution in [2.75, 3.05) is 0 Å². The van der Waals surface area contributed by atoms with Crippen molar-refractivity contribution in [1.29, 1.82) is 0 Å². The molecule has 2 rings (SSSR count). The Morgan fingerprint density at radius 1 is 1.50 bits per heavy atom. The van der Waals surface area contributed by atoms with Gasteiger partial charge in [0.15, 0.2) is 0 Å². The topological polar surface area (TPSA) is 29.9 Å². The van der Waals surface area contributed by atoms with Crippen LogP contribution in [-0.4, -0.2) is 15.8 Å². The molecule has 0 bridgehead atoms. The first-order valence-electron chi connectivity index (χ1n) is 6.39. The predicted molar refractivity (Wildman–Crippen MR) is 66.2 cm³/mol. The summed E-state index contributed by atoms with van der Waals surface area (Å²) in [6, 6.07) is 2.80. The second-order valence-electron chi connectivity index (χ2n) is 5.11. The fraction of sp³-hybridized carbons (Fsp3) is 0.769. The standard InChI is InChI=1S/C13H23N3/c1-10-8-13(16(3)15-10)9-14-11(2)12-6-4-5-7-12/h8,11-12,14H,4-7,9H2,1-3H3. The summed E-state index contributed by atoms with van der Waals surface area (Å²) in [4.78, 5) is 0. The van der Waals surface area contributed by atoms with E-state index in [9.17, 15) is 0 Å². The Labute approximate surface area is 98.2 Å². The number of rotatable bonds is 4. The van der Waals surface area contributed by atoms with E-state index in [-0.39, 0.29) is 0 Å². The number of aromatic nitrogens is 2. The van der Waals surface area contributed by atoms with Gasteiger partial charge in [0.05, 0.1) is 11.4 Å². The first-order valence-corrected chi connectivity index (χ1v) is 6.39. The molecule has 1 heterocycles. The Morgan fingerprint density at radius 2 is 2.19 bits per heavy atom. The van der Waals surface area contributed by atoms with Crippen LogP contribution in [0, 0.1) is 12.8 Å². The van der Waals surface area contributed by atoms with Crippen LogP contribution >= 0.6 is 0 Å². The van der Waals surface area contributed by atoms with Crippen molar-refractivity contribution >= 4 is 0 Å². The highest BCUT2D eigenvalue weighted by Gasteiger charge is 2.21. The first-order chi connectivity index (χ1) is 7.66. The van der Waals surface area contributed by atoms with Gasteiger partial charge in [0.1, 0.15) is 0 Å². The summed E-state index contributed by atoms with van der Waals surface area (Å²) in [6.07, 6.45) is 5.64. The van der Waals surface area contributed by atoms with Crippen molar-refractivity contribution < 1.29 is 0 Å². The van der Waals surface area contributed by atoms with Gasteiger partial charge in [-0.05, 0) is 38.7 Å². The van der Waals surface area contributed by atoms with Crippen LogP contribution < -0.4 is 5.32 Å². The van der Waals surface area contributed by atoms with Crippen molar-refractivity contribution in [3.8, 4) is 0 Å². The van der Waals surface area contributed by atoms with E-state index in [0.29, 0.717) is 6.04 Å². The maximum absolute atomic E-state index is 4.36. The minimum Gasteiger partial charge on any atom is -0.308 e. The van der Waals surface area contributed by atoms with Crippen molar-refractivity contribution in [1.82, 2.24) is 15.1 Å². The summed E-state index contributed by atoms with van der Waals surface area (Å²) in [5, 5.41) is 8.00. The maximum atomic E-state index is 4.36. The van der Waals surface area contributed by atoms with Crippen LogP contribution in [0.25, 0.3) is 0 Å². The Morgan fingerprint density at radius 3 is 2.75 bits per heavy atom. The second-order valence-corrected chi connectivity index (χ2v) is 5.11. The lowest BCUT2D eigenvalue weighted by Gasteiger charge is -2.20. The number of hydrogen-bond acceptors (Lipinski definition) is 2. The fourth-order valence-corrected chi connectivity index (χ4v) is 2.72. The van der Waals surface area contributed by atoms with Gasteiger partial charge in [-0.1, -0.05) is 12.8 Å². The van der Waals surface area contributed by atoms with E-state index in [1.54, 1.807) is 0 Å². The molecule has 1 aromatic rings. The fourth-order valence-electron chi connectivity index (χ4n) is 2.72. The second kappa shape index (κ2) is 5.00. The molecule has 16 heavy (non-hydrogen) atoms. The van der Waals surface area contributed by atoms with Gasteiger partial charge >= 0.3 is 0 Å². The zero-order valence-electron chi connectivity index (χ0n) is 10.7. The smallest absolute Gasteiger partial charge is 0.0597 e. The summed E-state index contributed by atoms with van der Waals surface area (Å²) in [5.41, 5.74) is 2.38. The Balaban J connectivity index is 1.84. The predicted octanol–water partition coefficient (Wildman–Crippen LogP) is 2.40. The van der Waals surface area contributed by atoms with Gasteiger partial charge < -0.3 is 5.32 Å². The minimum atomic E-state index is 0.637. The van der Waals surface area contributed by atoms with Crippen molar-refractivity contribution in [3.05, 3.63) is 17.5 Å². The van der Waals surface area contributed by atoms with Crippen LogP contribution in [0.15, 0.2) is 6.07 Å². The quantitative estimate of drug-likeness (QED) is 0.846. The molecule has 1 saturated carbocycles. The monoisotopic (exact) mass is 221 g/mol. The third-order valence-corrected chi connectivity index (χ3v) is 3.81. The molecule has 0 amide bonds. The normalized spacial score (nSPS) is 19.2. The molecule has 1 unspecified atom stereocenters. The molecule has 3 heteroatoms. The third-order valence-electron chi connectivity index (χ3n) is 3.81. The van der Waals surface area contributed by atoms with Gasteiger partial charge in [-0.2, -0.15) is 5.10 Å². The molecule has 1 fully saturated rings. The van der Waals surface area contributed by atoms with Crippen molar-refractivity contribution in [2.24, 2.45) is 13.0 Å². The molecule has 0 saturated heterocycles. The van der Waals surface area contributed by atoms with E-state index in [4.69, 9.17) is 0 Å². The number of hydrogen-bond donors (Lipinski definition) is 1. The van der Waals surface area contributed by atoms with Crippen LogP contribution in [0.4, 0.5) is 0 Å². The zero-order valence-corrected chi connectivity index (χ0v) is 10.7. The van der Waals surface area contributed by atoms with E-state index in [1.807, 2.05) is 18.7 Å². The Kier molecular flexibility index (Phi) is 3.64. The molecule has 1 aliphatic rings. The molecule has 1 atom stereocenters. The van der Waals surface area contributed by atoms with Crippen molar-refractivity contribution in [3.63, 3.8) is 0 Å². The lowest BCUT2D eigenvalue weighted by molar-refractivity contribution is 0.376. The van der Waals surface area contributed by atoms with Gasteiger partial charge in [-0.3, -0.25) is 4.68 Å². The lowest BCUT2D eigenvalue weighted by Crippen LogP contribution is -2.32. The van der Waals surface area contributed by atoms with E-state index < -0.39 is 0 Å². The van der Waals surface area contributed by atoms with Gasteiger partial charge in [-0.25, -0.2) is 0 Å². The molecule has 1 aromatic heterocycles. The largest absolute Gasteiger partial charge is 0.308 e. The number of aryl methyl sites for hydroxylation is 2. The highest BCUT2D eigenvalue weighted by molar-refractivity contribution is 5.08. The average Bonchev–Trinajstić information content (AvgIpc) is 2.84. The zero-order chi connectivity index (χ0) is 11.5.